The van der Waals surface area contributed by atoms with Gasteiger partial charge in [0.25, 0.3) is 0 Å². The smallest absolute Gasteiger partial charge is 0.136 e. The van der Waals surface area contributed by atoms with Crippen LogP contribution in [0.1, 0.15) is 0 Å². The molecule has 0 unspecified atom stereocenters. The van der Waals surface area contributed by atoms with Gasteiger partial charge in [0.15, 0.2) is 0 Å². The molecule has 0 bridgehead atoms. The van der Waals surface area contributed by atoms with Gasteiger partial charge in [0.2, 0.25) is 0 Å². The summed E-state index contributed by atoms with van der Waals surface area (Å²) in [4.78, 5) is 2.33. The molecule has 8 aromatic carbocycles. The summed E-state index contributed by atoms with van der Waals surface area (Å²) in [5, 5.41) is 1.10. The maximum atomic E-state index is 6.30. The molecule has 9 rings (SSSR count). The number of hydrogen-bond acceptors (Lipinski definition) is 2. The molecule has 9 aromatic rings. The molecule has 2 heteroatoms. The van der Waals surface area contributed by atoms with Crippen molar-refractivity contribution in [1.29, 1.82) is 0 Å². The minimum absolute atomic E-state index is 0.870. The second-order valence-corrected chi connectivity index (χ2v) is 12.9. The van der Waals surface area contributed by atoms with Gasteiger partial charge in [0.05, 0.1) is 0 Å². The van der Waals surface area contributed by atoms with Gasteiger partial charge in [-0.2, -0.15) is 0 Å². The van der Waals surface area contributed by atoms with Gasteiger partial charge in [-0.25, -0.2) is 0 Å². The Morgan fingerprint density at radius 2 is 0.654 bits per heavy atom. The average molecular weight is 666 g/mol. The Labute approximate surface area is 304 Å². The number of para-hydroxylation sites is 1. The highest BCUT2D eigenvalue weighted by Gasteiger charge is 2.16. The molecule has 0 fully saturated rings. The molecular formula is C50H35NO. The summed E-state index contributed by atoms with van der Waals surface area (Å²) in [5.74, 6) is 0.870. The van der Waals surface area contributed by atoms with E-state index in [4.69, 9.17) is 4.42 Å². The van der Waals surface area contributed by atoms with Gasteiger partial charge in [0.1, 0.15) is 11.3 Å². The molecule has 1 heterocycles. The van der Waals surface area contributed by atoms with Crippen LogP contribution in [0.2, 0.25) is 0 Å². The first-order chi connectivity index (χ1) is 25.8. The van der Waals surface area contributed by atoms with Crippen LogP contribution >= 0.6 is 0 Å². The lowest BCUT2D eigenvalue weighted by molar-refractivity contribution is 0.632. The van der Waals surface area contributed by atoms with Crippen molar-refractivity contribution in [2.75, 3.05) is 4.90 Å². The largest absolute Gasteiger partial charge is 0.456 e. The van der Waals surface area contributed by atoms with Gasteiger partial charge in [-0.15, -0.1) is 0 Å². The first-order valence-electron chi connectivity index (χ1n) is 17.7. The number of rotatable bonds is 8. The fourth-order valence-corrected chi connectivity index (χ4v) is 7.13. The summed E-state index contributed by atoms with van der Waals surface area (Å²) < 4.78 is 6.30. The maximum Gasteiger partial charge on any atom is 0.136 e. The van der Waals surface area contributed by atoms with Gasteiger partial charge in [-0.1, -0.05) is 164 Å². The summed E-state index contributed by atoms with van der Waals surface area (Å²) in [6, 6.07) is 75.2. The molecule has 52 heavy (non-hydrogen) atoms. The summed E-state index contributed by atoms with van der Waals surface area (Å²) in [6.07, 6.45) is 0. The zero-order chi connectivity index (χ0) is 34.7. The van der Waals surface area contributed by atoms with Crippen LogP contribution in [-0.2, 0) is 0 Å². The number of furan rings is 1. The van der Waals surface area contributed by atoms with Crippen LogP contribution < -0.4 is 4.90 Å². The summed E-state index contributed by atoms with van der Waals surface area (Å²) >= 11 is 0. The minimum Gasteiger partial charge on any atom is -0.456 e. The van der Waals surface area contributed by atoms with Crippen LogP contribution in [0.5, 0.6) is 0 Å². The lowest BCUT2D eigenvalue weighted by atomic mass is 9.94. The fourth-order valence-electron chi connectivity index (χ4n) is 7.13. The van der Waals surface area contributed by atoms with E-state index < -0.39 is 0 Å². The van der Waals surface area contributed by atoms with E-state index in [0.717, 1.165) is 50.5 Å². The van der Waals surface area contributed by atoms with E-state index in [0.29, 0.717) is 0 Å². The van der Waals surface area contributed by atoms with Crippen molar-refractivity contribution in [1.82, 2.24) is 0 Å². The molecule has 0 amide bonds. The van der Waals surface area contributed by atoms with Gasteiger partial charge < -0.3 is 9.32 Å². The Bertz CT molecular complexity index is 2550. The molecule has 0 N–H and O–H groups in total. The Morgan fingerprint density at radius 3 is 1.17 bits per heavy atom. The van der Waals surface area contributed by atoms with Crippen LogP contribution in [0.3, 0.4) is 0 Å². The highest BCUT2D eigenvalue weighted by Crippen LogP contribution is 2.40. The summed E-state index contributed by atoms with van der Waals surface area (Å²) in [5.41, 5.74) is 14.7. The number of benzene rings is 8. The molecular weight excluding hydrogens is 631 g/mol. The monoisotopic (exact) mass is 665 g/mol. The highest BCUT2D eigenvalue weighted by molar-refractivity contribution is 5.89. The lowest BCUT2D eigenvalue weighted by Gasteiger charge is -2.26. The van der Waals surface area contributed by atoms with E-state index in [1.165, 1.54) is 33.4 Å². The van der Waals surface area contributed by atoms with Crippen LogP contribution in [0.4, 0.5) is 17.1 Å². The molecule has 0 radical (unpaired) electrons. The second kappa shape index (κ2) is 13.8. The van der Waals surface area contributed by atoms with Gasteiger partial charge >= 0.3 is 0 Å². The molecule has 0 aliphatic rings. The molecule has 1 aromatic heterocycles. The van der Waals surface area contributed by atoms with E-state index >= 15 is 0 Å². The van der Waals surface area contributed by atoms with Crippen LogP contribution in [-0.4, -0.2) is 0 Å². The van der Waals surface area contributed by atoms with Crippen molar-refractivity contribution >= 4 is 28.0 Å². The van der Waals surface area contributed by atoms with E-state index in [2.05, 4.69) is 199 Å². The molecule has 0 spiro atoms. The number of hydrogen-bond donors (Lipinski definition) is 0. The topological polar surface area (TPSA) is 16.4 Å². The maximum absolute atomic E-state index is 6.30. The van der Waals surface area contributed by atoms with E-state index in [1.54, 1.807) is 0 Å². The SMILES string of the molecule is c1ccc(-c2ccc(N(c3ccc(-c4ccccc4-c4ccccc4)cc3)c3ccc(-c4ccccc4-c4cc5ccccc5o4)cc3)cc2)cc1. The van der Waals surface area contributed by atoms with Crippen molar-refractivity contribution in [3.8, 4) is 55.8 Å². The van der Waals surface area contributed by atoms with Crippen molar-refractivity contribution in [2.24, 2.45) is 0 Å². The Balaban J connectivity index is 1.10. The van der Waals surface area contributed by atoms with Gasteiger partial charge in [-0.3, -0.25) is 0 Å². The average Bonchev–Trinajstić information content (AvgIpc) is 3.67. The first-order valence-corrected chi connectivity index (χ1v) is 17.7. The Hall–Kier alpha value is -6.90. The molecule has 0 aliphatic heterocycles. The zero-order valence-corrected chi connectivity index (χ0v) is 28.6. The Morgan fingerprint density at radius 1 is 0.288 bits per heavy atom. The van der Waals surface area contributed by atoms with E-state index in [-0.39, 0.29) is 0 Å². The van der Waals surface area contributed by atoms with Crippen LogP contribution in [0.15, 0.2) is 217 Å². The zero-order valence-electron chi connectivity index (χ0n) is 28.6. The molecule has 246 valence electrons. The van der Waals surface area contributed by atoms with Gasteiger partial charge in [-0.05, 0) is 93.0 Å². The van der Waals surface area contributed by atoms with Crippen molar-refractivity contribution in [3.05, 3.63) is 212 Å². The summed E-state index contributed by atoms with van der Waals surface area (Å²) in [7, 11) is 0. The third-order valence-electron chi connectivity index (χ3n) is 9.74. The van der Waals surface area contributed by atoms with Crippen LogP contribution in [0, 0.1) is 0 Å². The predicted molar refractivity (Wildman–Crippen MR) is 218 cm³/mol. The molecule has 0 saturated carbocycles. The quantitative estimate of drug-likeness (QED) is 0.161. The first kappa shape index (κ1) is 31.1. The minimum atomic E-state index is 0.870. The van der Waals surface area contributed by atoms with Crippen molar-refractivity contribution in [2.45, 2.75) is 0 Å². The third kappa shape index (κ3) is 6.08. The van der Waals surface area contributed by atoms with Gasteiger partial charge in [0, 0.05) is 28.0 Å². The van der Waals surface area contributed by atoms with Crippen molar-refractivity contribution < 1.29 is 4.42 Å². The molecule has 0 aliphatic carbocycles. The Kier molecular flexibility index (Phi) is 8.24. The molecule has 0 saturated heterocycles. The normalized spacial score (nSPS) is 11.1. The number of anilines is 3. The predicted octanol–water partition coefficient (Wildman–Crippen LogP) is 14.2. The standard InChI is InChI=1S/C50H35NO/c1-3-13-36(14-4-1)37-23-29-42(30-24-37)51(43-31-25-39(26-32-43)46-19-9-8-18-45(46)38-15-5-2-6-16-38)44-33-27-40(28-34-44)47-20-10-11-21-48(47)50-35-41-17-7-12-22-49(41)52-50/h1-35H. The molecule has 2 nitrogen and oxygen atoms in total. The number of fused-ring (bicyclic) bond motifs is 1. The van der Waals surface area contributed by atoms with Crippen LogP contribution in [0.25, 0.3) is 66.8 Å². The lowest BCUT2D eigenvalue weighted by Crippen LogP contribution is -2.09. The highest BCUT2D eigenvalue weighted by atomic mass is 16.3. The van der Waals surface area contributed by atoms with E-state index in [9.17, 15) is 0 Å². The fraction of sp³-hybridized carbons (Fsp3) is 0. The van der Waals surface area contributed by atoms with E-state index in [1.807, 2.05) is 18.2 Å². The second-order valence-electron chi connectivity index (χ2n) is 12.9. The van der Waals surface area contributed by atoms with Crippen molar-refractivity contribution in [3.63, 3.8) is 0 Å². The number of nitrogens with zero attached hydrogens (tertiary/aromatic N) is 1. The summed E-state index contributed by atoms with van der Waals surface area (Å²) in [6.45, 7) is 0. The molecule has 0 atom stereocenters. The third-order valence-corrected chi connectivity index (χ3v) is 9.74.